The molecule has 18 heavy (non-hydrogen) atoms. The average molecular weight is 245 g/mol. The molecule has 96 valence electrons. The Hall–Kier alpha value is -1.81. The van der Waals surface area contributed by atoms with Crippen molar-refractivity contribution in [3.63, 3.8) is 0 Å². The molecule has 0 radical (unpaired) electrons. The number of nitrogens with one attached hydrogen (secondary N) is 2. The number of hydrogen-bond acceptors (Lipinski definition) is 3. The number of benzene rings is 1. The van der Waals surface area contributed by atoms with Gasteiger partial charge in [0.1, 0.15) is 0 Å². The lowest BCUT2D eigenvalue weighted by molar-refractivity contribution is 0.288. The van der Waals surface area contributed by atoms with Gasteiger partial charge in [-0.3, -0.25) is 5.10 Å². The topological polar surface area (TPSA) is 60.9 Å². The molecule has 0 aliphatic carbocycles. The number of aliphatic hydroxyl groups is 1. The Kier molecular flexibility index (Phi) is 4.36. The molecule has 0 aliphatic heterocycles. The van der Waals surface area contributed by atoms with Gasteiger partial charge in [-0.25, -0.2) is 0 Å². The maximum absolute atomic E-state index is 8.83. The maximum atomic E-state index is 8.83. The highest BCUT2D eigenvalue weighted by Gasteiger charge is 2.00. The largest absolute Gasteiger partial charge is 0.396 e. The first-order valence-corrected chi connectivity index (χ1v) is 6.22. The van der Waals surface area contributed by atoms with E-state index in [2.05, 4.69) is 33.7 Å². The van der Waals surface area contributed by atoms with Crippen molar-refractivity contribution in [1.82, 2.24) is 10.2 Å². The lowest BCUT2D eigenvalue weighted by atomic mass is 10.1. The number of aromatic nitrogens is 2. The molecular weight excluding hydrogens is 226 g/mol. The van der Waals surface area contributed by atoms with E-state index in [0.29, 0.717) is 0 Å². The summed E-state index contributed by atoms with van der Waals surface area (Å²) >= 11 is 0. The fourth-order valence-electron chi connectivity index (χ4n) is 1.87. The van der Waals surface area contributed by atoms with Crippen LogP contribution in [0.3, 0.4) is 0 Å². The summed E-state index contributed by atoms with van der Waals surface area (Å²) in [5.74, 6) is 0. The molecule has 0 bridgehead atoms. The van der Waals surface area contributed by atoms with Crippen LogP contribution in [0.2, 0.25) is 0 Å². The molecule has 0 fully saturated rings. The molecule has 1 aromatic heterocycles. The predicted molar refractivity (Wildman–Crippen MR) is 72.5 cm³/mol. The Labute approximate surface area is 107 Å². The van der Waals surface area contributed by atoms with Crippen molar-refractivity contribution < 1.29 is 5.11 Å². The predicted octanol–water partition coefficient (Wildman–Crippen LogP) is 2.26. The number of anilines is 1. The molecule has 0 saturated carbocycles. The molecule has 3 N–H and O–H groups in total. The van der Waals surface area contributed by atoms with E-state index < -0.39 is 0 Å². The van der Waals surface area contributed by atoms with Gasteiger partial charge >= 0.3 is 0 Å². The summed E-state index contributed by atoms with van der Waals surface area (Å²) in [5.41, 5.74) is 4.62. The van der Waals surface area contributed by atoms with Crippen LogP contribution in [-0.4, -0.2) is 21.9 Å². The second-order valence-electron chi connectivity index (χ2n) is 4.40. The number of hydrogen-bond donors (Lipinski definition) is 3. The summed E-state index contributed by atoms with van der Waals surface area (Å²) in [6.07, 6.45) is 3.57. The Morgan fingerprint density at radius 3 is 3.00 bits per heavy atom. The van der Waals surface area contributed by atoms with Crippen LogP contribution in [0.15, 0.2) is 30.5 Å². The van der Waals surface area contributed by atoms with Crippen molar-refractivity contribution in [3.8, 4) is 0 Å². The van der Waals surface area contributed by atoms with Gasteiger partial charge in [-0.05, 0) is 37.5 Å². The van der Waals surface area contributed by atoms with E-state index in [4.69, 9.17) is 5.11 Å². The van der Waals surface area contributed by atoms with Crippen LogP contribution in [0.4, 0.5) is 5.69 Å². The molecule has 4 nitrogen and oxygen atoms in total. The lowest BCUT2D eigenvalue weighted by Gasteiger charge is -2.07. The Morgan fingerprint density at radius 1 is 1.39 bits per heavy atom. The number of H-pyrrole nitrogens is 1. The third-order valence-corrected chi connectivity index (χ3v) is 2.97. The lowest BCUT2D eigenvalue weighted by Crippen LogP contribution is -2.00. The molecule has 0 atom stereocenters. The number of nitrogens with zero attached hydrogens (tertiary/aromatic N) is 1. The van der Waals surface area contributed by atoms with Crippen molar-refractivity contribution in [2.45, 2.75) is 26.3 Å². The first kappa shape index (κ1) is 12.6. The highest BCUT2D eigenvalue weighted by molar-refractivity contribution is 5.46. The molecular formula is C14H19N3O. The van der Waals surface area contributed by atoms with E-state index in [1.807, 2.05) is 19.2 Å². The van der Waals surface area contributed by atoms with Gasteiger partial charge in [0.25, 0.3) is 0 Å². The fourth-order valence-corrected chi connectivity index (χ4v) is 1.87. The molecule has 0 saturated heterocycles. The van der Waals surface area contributed by atoms with Gasteiger partial charge in [0.05, 0.1) is 6.20 Å². The number of rotatable bonds is 6. The van der Waals surface area contributed by atoms with Gasteiger partial charge in [-0.2, -0.15) is 5.10 Å². The van der Waals surface area contributed by atoms with Crippen LogP contribution in [0.5, 0.6) is 0 Å². The van der Waals surface area contributed by atoms with Crippen LogP contribution in [0.25, 0.3) is 0 Å². The van der Waals surface area contributed by atoms with E-state index in [1.165, 1.54) is 11.1 Å². The molecule has 1 aromatic carbocycles. The third-order valence-electron chi connectivity index (χ3n) is 2.97. The van der Waals surface area contributed by atoms with Crippen molar-refractivity contribution in [2.24, 2.45) is 0 Å². The Balaban J connectivity index is 1.95. The van der Waals surface area contributed by atoms with Crippen molar-refractivity contribution in [3.05, 3.63) is 47.3 Å². The number of aromatic amines is 1. The molecule has 0 spiro atoms. The van der Waals surface area contributed by atoms with Crippen LogP contribution < -0.4 is 5.32 Å². The van der Waals surface area contributed by atoms with E-state index in [-0.39, 0.29) is 6.61 Å². The van der Waals surface area contributed by atoms with Gasteiger partial charge in [0, 0.05) is 30.1 Å². The maximum Gasteiger partial charge on any atom is 0.0539 e. The minimum Gasteiger partial charge on any atom is -0.396 e. The zero-order chi connectivity index (χ0) is 12.8. The summed E-state index contributed by atoms with van der Waals surface area (Å²) in [6.45, 7) is 3.03. The minimum absolute atomic E-state index is 0.242. The fraction of sp³-hybridized carbons (Fsp3) is 0.357. The second kappa shape index (κ2) is 6.21. The van der Waals surface area contributed by atoms with Gasteiger partial charge in [-0.15, -0.1) is 0 Å². The van der Waals surface area contributed by atoms with E-state index in [9.17, 15) is 0 Å². The first-order chi connectivity index (χ1) is 8.79. The highest BCUT2D eigenvalue weighted by Crippen LogP contribution is 2.14. The van der Waals surface area contributed by atoms with Crippen LogP contribution in [-0.2, 0) is 13.0 Å². The standard InChI is InChI=1S/C14H19N3O/c1-11-13(10-16-17-11)9-15-14-6-2-4-12(8-14)5-3-7-18/h2,4,6,8,10,15,18H,3,5,7,9H2,1H3,(H,16,17). The molecule has 0 aliphatic rings. The smallest absolute Gasteiger partial charge is 0.0539 e. The molecule has 2 aromatic rings. The normalized spacial score (nSPS) is 10.6. The van der Waals surface area contributed by atoms with Crippen molar-refractivity contribution in [2.75, 3.05) is 11.9 Å². The van der Waals surface area contributed by atoms with Gasteiger partial charge in [0.2, 0.25) is 0 Å². The SMILES string of the molecule is Cc1[nH]ncc1CNc1cccc(CCCO)c1. The van der Waals surface area contributed by atoms with Gasteiger partial charge in [0.15, 0.2) is 0 Å². The third kappa shape index (κ3) is 3.34. The molecule has 0 amide bonds. The van der Waals surface area contributed by atoms with Crippen molar-refractivity contribution in [1.29, 1.82) is 0 Å². The second-order valence-corrected chi connectivity index (χ2v) is 4.40. The van der Waals surface area contributed by atoms with E-state index in [1.54, 1.807) is 0 Å². The monoisotopic (exact) mass is 245 g/mol. The molecule has 4 heteroatoms. The number of aryl methyl sites for hydroxylation is 2. The molecule has 2 rings (SSSR count). The summed E-state index contributed by atoms with van der Waals surface area (Å²) in [5, 5.41) is 19.1. The minimum atomic E-state index is 0.242. The van der Waals surface area contributed by atoms with Crippen LogP contribution in [0, 0.1) is 6.92 Å². The van der Waals surface area contributed by atoms with E-state index in [0.717, 1.165) is 30.8 Å². The average Bonchev–Trinajstić information content (AvgIpc) is 2.80. The summed E-state index contributed by atoms with van der Waals surface area (Å²) in [7, 11) is 0. The summed E-state index contributed by atoms with van der Waals surface area (Å²) in [6, 6.07) is 8.31. The first-order valence-electron chi connectivity index (χ1n) is 6.22. The summed E-state index contributed by atoms with van der Waals surface area (Å²) < 4.78 is 0. The summed E-state index contributed by atoms with van der Waals surface area (Å²) in [4.78, 5) is 0. The molecule has 1 heterocycles. The van der Waals surface area contributed by atoms with Gasteiger partial charge in [-0.1, -0.05) is 12.1 Å². The van der Waals surface area contributed by atoms with E-state index >= 15 is 0 Å². The number of aliphatic hydroxyl groups excluding tert-OH is 1. The highest BCUT2D eigenvalue weighted by atomic mass is 16.2. The van der Waals surface area contributed by atoms with Crippen molar-refractivity contribution >= 4 is 5.69 Å². The zero-order valence-electron chi connectivity index (χ0n) is 10.6. The van der Waals surface area contributed by atoms with Crippen LogP contribution in [0.1, 0.15) is 23.2 Å². The van der Waals surface area contributed by atoms with Gasteiger partial charge < -0.3 is 10.4 Å². The quantitative estimate of drug-likeness (QED) is 0.731. The Morgan fingerprint density at radius 2 is 2.28 bits per heavy atom. The Bertz CT molecular complexity index is 493. The molecule has 0 unspecified atom stereocenters. The van der Waals surface area contributed by atoms with Crippen LogP contribution >= 0.6 is 0 Å². The zero-order valence-corrected chi connectivity index (χ0v) is 10.6.